The monoisotopic (exact) mass is 262 g/mol. The van der Waals surface area contributed by atoms with E-state index in [0.717, 1.165) is 18.5 Å². The van der Waals surface area contributed by atoms with Crippen molar-refractivity contribution in [1.29, 1.82) is 0 Å². The van der Waals surface area contributed by atoms with Gasteiger partial charge in [0.1, 0.15) is 6.04 Å². The maximum atomic E-state index is 12.1. The van der Waals surface area contributed by atoms with Gasteiger partial charge in [-0.15, -0.1) is 0 Å². The molecule has 0 spiro atoms. The summed E-state index contributed by atoms with van der Waals surface area (Å²) in [6, 6.07) is 8.02. The van der Waals surface area contributed by atoms with Gasteiger partial charge in [-0.1, -0.05) is 18.2 Å². The number of aryl methyl sites for hydroxylation is 1. The zero-order valence-corrected chi connectivity index (χ0v) is 11.6. The Bertz CT molecular complexity index is 434. The Morgan fingerprint density at radius 1 is 1.53 bits per heavy atom. The average Bonchev–Trinajstić information content (AvgIpc) is 2.44. The lowest BCUT2D eigenvalue weighted by molar-refractivity contribution is -0.122. The van der Waals surface area contributed by atoms with Gasteiger partial charge in [0.05, 0.1) is 6.10 Å². The number of carbonyl (C=O) groups is 1. The predicted octanol–water partition coefficient (Wildman–Crippen LogP) is 1.95. The molecule has 0 bridgehead atoms. The maximum absolute atomic E-state index is 12.1. The van der Waals surface area contributed by atoms with Crippen LogP contribution in [0.15, 0.2) is 24.3 Å². The van der Waals surface area contributed by atoms with Crippen molar-refractivity contribution >= 4 is 11.6 Å². The molecule has 0 aliphatic carbocycles. The van der Waals surface area contributed by atoms with E-state index >= 15 is 0 Å². The lowest BCUT2D eigenvalue weighted by Crippen LogP contribution is -2.44. The van der Waals surface area contributed by atoms with Gasteiger partial charge in [-0.25, -0.2) is 0 Å². The molecule has 2 atom stereocenters. The van der Waals surface area contributed by atoms with E-state index < -0.39 is 0 Å². The maximum Gasteiger partial charge on any atom is 0.242 e. The van der Waals surface area contributed by atoms with Crippen LogP contribution in [0.25, 0.3) is 0 Å². The lowest BCUT2D eigenvalue weighted by Gasteiger charge is -2.26. The Hall–Kier alpha value is -1.55. The number of hydrogen-bond acceptors (Lipinski definition) is 3. The number of benzene rings is 1. The second-order valence-electron chi connectivity index (χ2n) is 4.90. The van der Waals surface area contributed by atoms with Crippen molar-refractivity contribution in [2.45, 2.75) is 38.8 Å². The van der Waals surface area contributed by atoms with E-state index in [1.807, 2.05) is 32.0 Å². The van der Waals surface area contributed by atoms with Crippen LogP contribution in [-0.4, -0.2) is 31.2 Å². The van der Waals surface area contributed by atoms with Crippen molar-refractivity contribution in [3.63, 3.8) is 0 Å². The molecule has 2 unspecified atom stereocenters. The van der Waals surface area contributed by atoms with Crippen LogP contribution in [0.3, 0.4) is 0 Å². The highest BCUT2D eigenvalue weighted by Crippen LogP contribution is 2.24. The van der Waals surface area contributed by atoms with E-state index in [1.54, 1.807) is 0 Å². The molecular formula is C15H22N2O2. The molecule has 1 aromatic rings. The van der Waals surface area contributed by atoms with Gasteiger partial charge < -0.3 is 15.4 Å². The normalized spacial score (nSPS) is 19.2. The second-order valence-corrected chi connectivity index (χ2v) is 4.90. The number of fused-ring (bicyclic) bond motifs is 1. The fourth-order valence-electron chi connectivity index (χ4n) is 2.35. The smallest absolute Gasteiger partial charge is 0.242 e. The molecule has 2 N–H and O–H groups in total. The van der Waals surface area contributed by atoms with Crippen LogP contribution in [-0.2, 0) is 16.0 Å². The third kappa shape index (κ3) is 3.70. The number of ether oxygens (including phenoxy) is 1. The van der Waals surface area contributed by atoms with Gasteiger partial charge in [0.2, 0.25) is 5.91 Å². The fraction of sp³-hybridized carbons (Fsp3) is 0.533. The molecule has 19 heavy (non-hydrogen) atoms. The van der Waals surface area contributed by atoms with Gasteiger partial charge in [0.25, 0.3) is 0 Å². The topological polar surface area (TPSA) is 50.4 Å². The van der Waals surface area contributed by atoms with Crippen molar-refractivity contribution in [1.82, 2.24) is 5.32 Å². The van der Waals surface area contributed by atoms with E-state index in [2.05, 4.69) is 16.7 Å². The molecule has 0 saturated carbocycles. The van der Waals surface area contributed by atoms with Gasteiger partial charge in [0.15, 0.2) is 0 Å². The molecule has 4 heteroatoms. The standard InChI is InChI=1S/C15H22N2O2/c1-3-19-11(2)10-16-15(18)14-9-8-12-6-4-5-7-13(12)17-14/h4-7,11,14,17H,3,8-10H2,1-2H3,(H,16,18). The number of amides is 1. The molecular weight excluding hydrogens is 240 g/mol. The Kier molecular flexibility index (Phi) is 4.80. The van der Waals surface area contributed by atoms with E-state index in [9.17, 15) is 4.79 Å². The quantitative estimate of drug-likeness (QED) is 0.853. The Balaban J connectivity index is 1.85. The lowest BCUT2D eigenvalue weighted by atomic mass is 9.98. The van der Waals surface area contributed by atoms with Crippen LogP contribution in [0.2, 0.25) is 0 Å². The summed E-state index contributed by atoms with van der Waals surface area (Å²) >= 11 is 0. The zero-order chi connectivity index (χ0) is 13.7. The minimum atomic E-state index is -0.135. The largest absolute Gasteiger partial charge is 0.377 e. The third-order valence-electron chi connectivity index (χ3n) is 3.38. The predicted molar refractivity (Wildman–Crippen MR) is 76.3 cm³/mol. The third-order valence-corrected chi connectivity index (χ3v) is 3.38. The molecule has 1 aliphatic rings. The summed E-state index contributed by atoms with van der Waals surface area (Å²) in [6.45, 7) is 5.16. The van der Waals surface area contributed by atoms with Gasteiger partial charge in [-0.3, -0.25) is 4.79 Å². The Morgan fingerprint density at radius 3 is 3.11 bits per heavy atom. The van der Waals surface area contributed by atoms with Gasteiger partial charge in [-0.05, 0) is 38.3 Å². The van der Waals surface area contributed by atoms with E-state index in [-0.39, 0.29) is 18.1 Å². The van der Waals surface area contributed by atoms with Crippen LogP contribution in [0.1, 0.15) is 25.8 Å². The first-order valence-electron chi connectivity index (χ1n) is 6.94. The molecule has 0 aromatic heterocycles. The summed E-state index contributed by atoms with van der Waals surface area (Å²) in [6.07, 6.45) is 1.85. The number of hydrogen-bond donors (Lipinski definition) is 2. The molecule has 1 heterocycles. The van der Waals surface area contributed by atoms with Crippen LogP contribution in [0.5, 0.6) is 0 Å². The molecule has 0 saturated heterocycles. The summed E-state index contributed by atoms with van der Waals surface area (Å²) in [5.74, 6) is 0.0565. The average molecular weight is 262 g/mol. The molecule has 1 amide bonds. The number of para-hydroxylation sites is 1. The first kappa shape index (κ1) is 13.9. The number of anilines is 1. The molecule has 4 nitrogen and oxygen atoms in total. The van der Waals surface area contributed by atoms with Crippen molar-refractivity contribution in [2.24, 2.45) is 0 Å². The molecule has 1 aromatic carbocycles. The highest BCUT2D eigenvalue weighted by molar-refractivity contribution is 5.85. The van der Waals surface area contributed by atoms with Crippen LogP contribution < -0.4 is 10.6 Å². The molecule has 1 aliphatic heterocycles. The van der Waals surface area contributed by atoms with E-state index in [1.165, 1.54) is 5.56 Å². The van der Waals surface area contributed by atoms with Crippen LogP contribution in [0.4, 0.5) is 5.69 Å². The van der Waals surface area contributed by atoms with Crippen molar-refractivity contribution in [3.8, 4) is 0 Å². The minimum absolute atomic E-state index is 0.0565. The Labute approximate surface area is 114 Å². The summed E-state index contributed by atoms with van der Waals surface area (Å²) in [7, 11) is 0. The zero-order valence-electron chi connectivity index (χ0n) is 11.6. The molecule has 2 rings (SSSR count). The second kappa shape index (κ2) is 6.57. The van der Waals surface area contributed by atoms with Crippen molar-refractivity contribution < 1.29 is 9.53 Å². The minimum Gasteiger partial charge on any atom is -0.377 e. The molecule has 104 valence electrons. The Morgan fingerprint density at radius 2 is 2.32 bits per heavy atom. The highest BCUT2D eigenvalue weighted by Gasteiger charge is 2.23. The first-order valence-corrected chi connectivity index (χ1v) is 6.94. The van der Waals surface area contributed by atoms with Crippen molar-refractivity contribution in [2.75, 3.05) is 18.5 Å². The summed E-state index contributed by atoms with van der Waals surface area (Å²) in [5, 5.41) is 6.24. The van der Waals surface area contributed by atoms with Gasteiger partial charge in [-0.2, -0.15) is 0 Å². The summed E-state index contributed by atoms with van der Waals surface area (Å²) in [5.41, 5.74) is 2.36. The van der Waals surface area contributed by atoms with Crippen LogP contribution in [0, 0.1) is 0 Å². The highest BCUT2D eigenvalue weighted by atomic mass is 16.5. The summed E-state index contributed by atoms with van der Waals surface area (Å²) < 4.78 is 5.40. The molecule has 0 radical (unpaired) electrons. The summed E-state index contributed by atoms with van der Waals surface area (Å²) in [4.78, 5) is 12.1. The first-order chi connectivity index (χ1) is 9.20. The van der Waals surface area contributed by atoms with E-state index in [0.29, 0.717) is 13.2 Å². The fourth-order valence-corrected chi connectivity index (χ4v) is 2.35. The number of nitrogens with one attached hydrogen (secondary N) is 2. The van der Waals surface area contributed by atoms with Crippen molar-refractivity contribution in [3.05, 3.63) is 29.8 Å². The molecule has 0 fully saturated rings. The van der Waals surface area contributed by atoms with E-state index in [4.69, 9.17) is 4.74 Å². The SMILES string of the molecule is CCOC(C)CNC(=O)C1CCc2ccccc2N1. The van der Waals surface area contributed by atoms with Crippen LogP contribution >= 0.6 is 0 Å². The number of carbonyl (C=O) groups excluding carboxylic acids is 1. The van der Waals surface area contributed by atoms with Gasteiger partial charge in [0, 0.05) is 18.8 Å². The van der Waals surface area contributed by atoms with Gasteiger partial charge >= 0.3 is 0 Å². The number of rotatable bonds is 5.